The highest BCUT2D eigenvalue weighted by Gasteiger charge is 2.43. The summed E-state index contributed by atoms with van der Waals surface area (Å²) in [6.45, 7) is 1.04. The van der Waals surface area contributed by atoms with Crippen molar-refractivity contribution in [3.8, 4) is 0 Å². The van der Waals surface area contributed by atoms with Gasteiger partial charge in [-0.2, -0.15) is 13.2 Å². The zero-order valence-electron chi connectivity index (χ0n) is 7.10. The Morgan fingerprint density at radius 2 is 2.15 bits per heavy atom. The van der Waals surface area contributed by atoms with Gasteiger partial charge in [0, 0.05) is 13.5 Å². The third-order valence-corrected chi connectivity index (χ3v) is 1.88. The normalized spacial score (nSPS) is 24.6. The van der Waals surface area contributed by atoms with Crippen molar-refractivity contribution >= 4 is 5.91 Å². The predicted molar refractivity (Wildman–Crippen MR) is 38.0 cm³/mol. The van der Waals surface area contributed by atoms with Gasteiger partial charge in [-0.15, -0.1) is 0 Å². The van der Waals surface area contributed by atoms with Crippen molar-refractivity contribution < 1.29 is 22.7 Å². The van der Waals surface area contributed by atoms with Crippen molar-refractivity contribution in [2.45, 2.75) is 19.2 Å². The summed E-state index contributed by atoms with van der Waals surface area (Å²) >= 11 is 0. The Balaban J connectivity index is 2.57. The number of hydrogen-bond donors (Lipinski definition) is 0. The highest BCUT2D eigenvalue weighted by Crippen LogP contribution is 2.25. The SMILES string of the molecule is CC(=O)N1CCO[C@@H](C(F)(F)F)C1. The molecule has 0 radical (unpaired) electrons. The standard InChI is InChI=1S/C7H10F3NO2/c1-5(12)11-2-3-13-6(4-11)7(8,9)10/h6H,2-4H2,1H3/t6-/m1/s1. The first kappa shape index (κ1) is 10.3. The molecule has 0 unspecified atom stereocenters. The summed E-state index contributed by atoms with van der Waals surface area (Å²) in [4.78, 5) is 11.9. The zero-order valence-corrected chi connectivity index (χ0v) is 7.10. The summed E-state index contributed by atoms with van der Waals surface area (Å²) in [5.74, 6) is -0.349. The van der Waals surface area contributed by atoms with Gasteiger partial charge in [0.1, 0.15) is 0 Å². The maximum atomic E-state index is 12.1. The van der Waals surface area contributed by atoms with Gasteiger partial charge in [-0.3, -0.25) is 4.79 Å². The Kier molecular flexibility index (Phi) is 2.80. The molecule has 6 heteroatoms. The monoisotopic (exact) mass is 197 g/mol. The molecule has 0 N–H and O–H groups in total. The van der Waals surface area contributed by atoms with Crippen LogP contribution in [0.25, 0.3) is 0 Å². The topological polar surface area (TPSA) is 29.5 Å². The largest absolute Gasteiger partial charge is 0.416 e. The summed E-state index contributed by atoms with van der Waals surface area (Å²) in [5, 5.41) is 0. The summed E-state index contributed by atoms with van der Waals surface area (Å²) in [5.41, 5.74) is 0. The number of nitrogens with zero attached hydrogens (tertiary/aromatic N) is 1. The number of morpholine rings is 1. The maximum absolute atomic E-state index is 12.1. The van der Waals surface area contributed by atoms with Crippen LogP contribution >= 0.6 is 0 Å². The van der Waals surface area contributed by atoms with Crippen LogP contribution < -0.4 is 0 Å². The Hall–Kier alpha value is -0.780. The number of alkyl halides is 3. The molecule has 0 aromatic heterocycles. The van der Waals surface area contributed by atoms with Crippen LogP contribution in [-0.2, 0) is 9.53 Å². The van der Waals surface area contributed by atoms with E-state index in [1.54, 1.807) is 0 Å². The van der Waals surface area contributed by atoms with Crippen LogP contribution in [0.3, 0.4) is 0 Å². The average Bonchev–Trinajstić information content (AvgIpc) is 2.03. The Labute approximate surface area is 73.5 Å². The van der Waals surface area contributed by atoms with E-state index in [1.165, 1.54) is 6.92 Å². The van der Waals surface area contributed by atoms with E-state index in [9.17, 15) is 18.0 Å². The molecule has 1 aliphatic rings. The number of carbonyl (C=O) groups excluding carboxylic acids is 1. The summed E-state index contributed by atoms with van der Waals surface area (Å²) in [6, 6.07) is 0. The molecule has 1 aliphatic heterocycles. The van der Waals surface area contributed by atoms with Crippen LogP contribution in [0.1, 0.15) is 6.92 Å². The smallest absolute Gasteiger partial charge is 0.365 e. The molecule has 1 atom stereocenters. The molecule has 1 amide bonds. The van der Waals surface area contributed by atoms with E-state index in [1.807, 2.05) is 0 Å². The highest BCUT2D eigenvalue weighted by atomic mass is 19.4. The molecule has 3 nitrogen and oxygen atoms in total. The first-order chi connectivity index (χ1) is 5.91. The van der Waals surface area contributed by atoms with Gasteiger partial charge in [0.25, 0.3) is 0 Å². The van der Waals surface area contributed by atoms with E-state index in [0.29, 0.717) is 0 Å². The molecule has 0 bridgehead atoms. The van der Waals surface area contributed by atoms with Crippen molar-refractivity contribution in [1.29, 1.82) is 0 Å². The number of rotatable bonds is 0. The fourth-order valence-corrected chi connectivity index (χ4v) is 1.13. The number of amides is 1. The number of hydrogen-bond acceptors (Lipinski definition) is 2. The van der Waals surface area contributed by atoms with Crippen LogP contribution in [-0.4, -0.2) is 42.8 Å². The minimum atomic E-state index is -4.38. The Morgan fingerprint density at radius 1 is 1.54 bits per heavy atom. The first-order valence-corrected chi connectivity index (χ1v) is 3.85. The lowest BCUT2D eigenvalue weighted by molar-refractivity contribution is -0.236. The third kappa shape index (κ3) is 2.58. The Bertz CT molecular complexity index is 204. The van der Waals surface area contributed by atoms with E-state index in [0.717, 1.165) is 4.90 Å². The highest BCUT2D eigenvalue weighted by molar-refractivity contribution is 5.73. The van der Waals surface area contributed by atoms with Gasteiger partial charge in [0.05, 0.1) is 13.2 Å². The van der Waals surface area contributed by atoms with Gasteiger partial charge in [0.2, 0.25) is 5.91 Å². The van der Waals surface area contributed by atoms with Crippen LogP contribution in [0.4, 0.5) is 13.2 Å². The van der Waals surface area contributed by atoms with Crippen molar-refractivity contribution in [2.24, 2.45) is 0 Å². The fraction of sp³-hybridized carbons (Fsp3) is 0.857. The van der Waals surface area contributed by atoms with Crippen molar-refractivity contribution in [2.75, 3.05) is 19.7 Å². The summed E-state index contributed by atoms with van der Waals surface area (Å²) < 4.78 is 40.8. The van der Waals surface area contributed by atoms with Crippen molar-refractivity contribution in [3.05, 3.63) is 0 Å². The van der Waals surface area contributed by atoms with Gasteiger partial charge >= 0.3 is 6.18 Å². The molecule has 1 rings (SSSR count). The third-order valence-electron chi connectivity index (χ3n) is 1.88. The fourth-order valence-electron chi connectivity index (χ4n) is 1.13. The first-order valence-electron chi connectivity index (χ1n) is 3.85. The molecular weight excluding hydrogens is 187 g/mol. The molecule has 0 spiro atoms. The quantitative estimate of drug-likeness (QED) is 0.574. The van der Waals surface area contributed by atoms with E-state index in [2.05, 4.69) is 4.74 Å². The van der Waals surface area contributed by atoms with E-state index < -0.39 is 18.8 Å². The van der Waals surface area contributed by atoms with E-state index in [-0.39, 0.29) is 19.1 Å². The van der Waals surface area contributed by atoms with Crippen molar-refractivity contribution in [3.63, 3.8) is 0 Å². The molecule has 76 valence electrons. The van der Waals surface area contributed by atoms with Gasteiger partial charge < -0.3 is 9.64 Å². The molecule has 1 heterocycles. The van der Waals surface area contributed by atoms with Gasteiger partial charge in [-0.25, -0.2) is 0 Å². The van der Waals surface area contributed by atoms with Gasteiger partial charge in [-0.1, -0.05) is 0 Å². The minimum Gasteiger partial charge on any atom is -0.365 e. The maximum Gasteiger partial charge on any atom is 0.416 e. The lowest BCUT2D eigenvalue weighted by atomic mass is 10.2. The van der Waals surface area contributed by atoms with Crippen molar-refractivity contribution in [1.82, 2.24) is 4.90 Å². The van der Waals surface area contributed by atoms with Crippen LogP contribution in [0.15, 0.2) is 0 Å². The molecular formula is C7H10F3NO2. The second kappa shape index (κ2) is 3.53. The molecule has 0 saturated carbocycles. The molecule has 13 heavy (non-hydrogen) atoms. The van der Waals surface area contributed by atoms with Crippen LogP contribution in [0.5, 0.6) is 0 Å². The van der Waals surface area contributed by atoms with Crippen LogP contribution in [0, 0.1) is 0 Å². The lowest BCUT2D eigenvalue weighted by Crippen LogP contribution is -2.50. The number of halogens is 3. The van der Waals surface area contributed by atoms with Gasteiger partial charge in [0.15, 0.2) is 6.10 Å². The Morgan fingerprint density at radius 3 is 2.62 bits per heavy atom. The summed E-state index contributed by atoms with van der Waals surface area (Å²) in [7, 11) is 0. The second-order valence-electron chi connectivity index (χ2n) is 2.87. The molecule has 1 fully saturated rings. The molecule has 0 aromatic carbocycles. The van der Waals surface area contributed by atoms with E-state index >= 15 is 0 Å². The predicted octanol–water partition coefficient (Wildman–Crippen LogP) is 0.796. The van der Waals surface area contributed by atoms with Gasteiger partial charge in [-0.05, 0) is 0 Å². The molecule has 0 aliphatic carbocycles. The molecule has 1 saturated heterocycles. The van der Waals surface area contributed by atoms with E-state index in [4.69, 9.17) is 0 Å². The average molecular weight is 197 g/mol. The second-order valence-corrected chi connectivity index (χ2v) is 2.87. The number of ether oxygens (including phenoxy) is 1. The molecule has 0 aromatic rings. The number of carbonyl (C=O) groups is 1. The van der Waals surface area contributed by atoms with Crippen LogP contribution in [0.2, 0.25) is 0 Å². The summed E-state index contributed by atoms with van der Waals surface area (Å²) in [6.07, 6.45) is -6.21. The minimum absolute atomic E-state index is 0.0518. The zero-order chi connectivity index (χ0) is 10.1. The lowest BCUT2D eigenvalue weighted by Gasteiger charge is -2.33.